The minimum Gasteiger partial charge on any atom is -0.756 e. The van der Waals surface area contributed by atoms with E-state index in [1.165, 1.54) is 10.9 Å². The summed E-state index contributed by atoms with van der Waals surface area (Å²) in [4.78, 5) is 57.9. The summed E-state index contributed by atoms with van der Waals surface area (Å²) in [6, 6.07) is 0. The summed E-state index contributed by atoms with van der Waals surface area (Å²) in [5.41, 5.74) is 10.8. The number of H-pyrrole nitrogens is 1. The molecule has 4 aromatic rings. The molecular formula is C21H27N10O13P2-. The minimum absolute atomic E-state index is 0. The zero-order valence-corrected chi connectivity index (χ0v) is 24.2. The van der Waals surface area contributed by atoms with Gasteiger partial charge in [-0.25, -0.2) is 24.5 Å². The first-order chi connectivity index (χ1) is 21.3. The Kier molecular flexibility index (Phi) is 8.24. The van der Waals surface area contributed by atoms with E-state index in [0.29, 0.717) is 0 Å². The maximum Gasteiger partial charge on any atom is 0.472 e. The Hall–Kier alpha value is -3.44. The van der Waals surface area contributed by atoms with Gasteiger partial charge in [0.15, 0.2) is 35.1 Å². The van der Waals surface area contributed by atoms with E-state index in [4.69, 9.17) is 39.0 Å². The number of nitrogens with one attached hydrogen (secondary N) is 1. The van der Waals surface area contributed by atoms with Crippen LogP contribution < -0.4 is 21.9 Å². The summed E-state index contributed by atoms with van der Waals surface area (Å²) in [5.74, 6) is -0.248. The fraction of sp³-hybridized carbons (Fsp3) is 0.524. The molecule has 23 nitrogen and oxygen atoms in total. The van der Waals surface area contributed by atoms with Crippen molar-refractivity contribution in [3.63, 3.8) is 0 Å². The summed E-state index contributed by atoms with van der Waals surface area (Å²) < 4.78 is 60.4. The third-order valence-electron chi connectivity index (χ3n) is 7.31. The van der Waals surface area contributed by atoms with Crippen LogP contribution in [0, 0.1) is 0 Å². The van der Waals surface area contributed by atoms with Crippen LogP contribution in [0.15, 0.2) is 23.8 Å². The summed E-state index contributed by atoms with van der Waals surface area (Å²) in [6.45, 7) is -1.74. The fourth-order valence-electron chi connectivity index (χ4n) is 5.31. The second kappa shape index (κ2) is 11.7. The number of aromatic amines is 1. The number of phosphoric acid groups is 2. The number of aliphatic hydroxyl groups excluding tert-OH is 2. The molecule has 7 heterocycles. The SMILES string of the molecule is C.Nc1nc2c(ncn2[C@@H]2O[C@@H]3COP(=O)(O)OC4[C@@H](COP(=O)([O-])OC3[C@@H]2O)O[C@@H](n2cnc3c(N)ncnc32)[C@H]4O)c(=O)[nH]1. The van der Waals surface area contributed by atoms with Crippen LogP contribution in [-0.4, -0.2) is 104 Å². The second-order valence-corrected chi connectivity index (χ2v) is 12.9. The minimum atomic E-state index is -5.31. The predicted octanol–water partition coefficient (Wildman–Crippen LogP) is -2.34. The van der Waals surface area contributed by atoms with Crippen molar-refractivity contribution in [2.45, 2.75) is 56.5 Å². The molecule has 25 heteroatoms. The number of nitrogens with zero attached hydrogens (tertiary/aromatic N) is 7. The predicted molar refractivity (Wildman–Crippen MR) is 148 cm³/mol. The van der Waals surface area contributed by atoms with Crippen LogP contribution in [-0.2, 0) is 36.7 Å². The number of hydrogen-bond acceptors (Lipinski definition) is 19. The molecular weight excluding hydrogens is 662 g/mol. The average Bonchev–Trinajstić information content (AvgIpc) is 3.72. The van der Waals surface area contributed by atoms with E-state index in [-0.39, 0.29) is 41.5 Å². The van der Waals surface area contributed by atoms with Crippen LogP contribution in [0.4, 0.5) is 11.8 Å². The van der Waals surface area contributed by atoms with Crippen LogP contribution in [0.25, 0.3) is 22.3 Å². The van der Waals surface area contributed by atoms with Crippen LogP contribution in [0.3, 0.4) is 0 Å². The molecule has 0 spiro atoms. The first-order valence-corrected chi connectivity index (χ1v) is 15.9. The Balaban J connectivity index is 0.00000372. The van der Waals surface area contributed by atoms with Crippen LogP contribution in [0.2, 0.25) is 0 Å². The van der Waals surface area contributed by atoms with Gasteiger partial charge in [0.1, 0.15) is 48.5 Å². The van der Waals surface area contributed by atoms with Gasteiger partial charge in [-0.05, 0) is 0 Å². The number of anilines is 2. The number of fused-ring (bicyclic) bond motifs is 4. The average molecular weight is 689 g/mol. The number of rotatable bonds is 2. The van der Waals surface area contributed by atoms with Gasteiger partial charge in [-0.3, -0.25) is 32.5 Å². The Bertz CT molecular complexity index is 1940. The Morgan fingerprint density at radius 2 is 1.48 bits per heavy atom. The van der Waals surface area contributed by atoms with E-state index >= 15 is 0 Å². The van der Waals surface area contributed by atoms with Crippen molar-refractivity contribution < 1.29 is 56.7 Å². The molecule has 46 heavy (non-hydrogen) atoms. The first-order valence-electron chi connectivity index (χ1n) is 12.9. The molecule has 0 aliphatic carbocycles. The highest BCUT2D eigenvalue weighted by Gasteiger charge is 2.53. The molecule has 3 saturated heterocycles. The number of nitrogen functional groups attached to an aromatic ring is 2. The van der Waals surface area contributed by atoms with Crippen molar-refractivity contribution in [2.75, 3.05) is 24.7 Å². The molecule has 4 unspecified atom stereocenters. The number of hydrogen-bond donors (Lipinski definition) is 6. The number of ether oxygens (including phenoxy) is 2. The van der Waals surface area contributed by atoms with Gasteiger partial charge in [-0.1, -0.05) is 7.43 Å². The number of phosphoric ester groups is 2. The third kappa shape index (κ3) is 5.59. The quantitative estimate of drug-likeness (QED) is 0.120. The normalized spacial score (nSPS) is 36.9. The highest BCUT2D eigenvalue weighted by molar-refractivity contribution is 7.47. The summed E-state index contributed by atoms with van der Waals surface area (Å²) in [5, 5.41) is 22.2. The van der Waals surface area contributed by atoms with E-state index < -0.39 is 83.5 Å². The van der Waals surface area contributed by atoms with Crippen molar-refractivity contribution in [3.8, 4) is 0 Å². The highest BCUT2D eigenvalue weighted by atomic mass is 31.2. The Morgan fingerprint density at radius 3 is 2.15 bits per heavy atom. The van der Waals surface area contributed by atoms with Crippen molar-refractivity contribution in [1.29, 1.82) is 0 Å². The molecule has 250 valence electrons. The van der Waals surface area contributed by atoms with Gasteiger partial charge in [0.05, 0.1) is 25.9 Å². The van der Waals surface area contributed by atoms with Crippen molar-refractivity contribution in [3.05, 3.63) is 29.3 Å². The molecule has 3 aliphatic rings. The first kappa shape index (κ1) is 32.5. The van der Waals surface area contributed by atoms with Crippen molar-refractivity contribution in [1.82, 2.24) is 39.0 Å². The van der Waals surface area contributed by atoms with Gasteiger partial charge in [0, 0.05) is 0 Å². The highest BCUT2D eigenvalue weighted by Crippen LogP contribution is 2.52. The molecule has 4 aromatic heterocycles. The molecule has 0 amide bonds. The standard InChI is InChI=1S/C20H24N10O13P2.CH4/c21-14-8-15(24-3-23-14)29(4-25-8)18-10(31)12-6(40-18)1-38-45(36,37)43-13-7(2-39-44(34,35)42-12)41-19(11(13)32)30-5-26-9-16(30)27-20(22)28-17(9)33;/h3-7,10-13,18-19,31-32H,1-2H2,(H,34,35)(H,36,37)(H2,21,23,24)(H3,22,27,28,33);1H4/p-1/t6-,7-,10+,11+,12?,13?,18-,19-;/m1./s1. The van der Waals surface area contributed by atoms with Crippen LogP contribution in [0.5, 0.6) is 0 Å². The lowest BCUT2D eigenvalue weighted by molar-refractivity contribution is -0.236. The van der Waals surface area contributed by atoms with Crippen molar-refractivity contribution >= 4 is 49.7 Å². The van der Waals surface area contributed by atoms with E-state index in [1.54, 1.807) is 0 Å². The molecule has 7 rings (SSSR count). The van der Waals surface area contributed by atoms with Gasteiger partial charge < -0.3 is 50.0 Å². The maximum atomic E-state index is 13.1. The molecule has 10 atom stereocenters. The Labute approximate surface area is 256 Å². The lowest BCUT2D eigenvalue weighted by Gasteiger charge is -2.32. The summed E-state index contributed by atoms with van der Waals surface area (Å²) in [6.07, 6.45) is -9.42. The van der Waals surface area contributed by atoms with Gasteiger partial charge in [0.25, 0.3) is 13.4 Å². The number of imidazole rings is 2. The van der Waals surface area contributed by atoms with Crippen molar-refractivity contribution in [2.24, 2.45) is 0 Å². The summed E-state index contributed by atoms with van der Waals surface area (Å²) >= 11 is 0. The number of nitrogens with two attached hydrogens (primary N) is 2. The zero-order valence-electron chi connectivity index (χ0n) is 22.4. The van der Waals surface area contributed by atoms with E-state index in [0.717, 1.165) is 17.2 Å². The molecule has 0 bridgehead atoms. The smallest absolute Gasteiger partial charge is 0.472 e. The maximum absolute atomic E-state index is 13.1. The molecule has 3 fully saturated rings. The van der Waals surface area contributed by atoms with Crippen LogP contribution in [0.1, 0.15) is 19.9 Å². The number of aromatic nitrogens is 8. The van der Waals surface area contributed by atoms with Gasteiger partial charge in [0.2, 0.25) is 5.95 Å². The lowest BCUT2D eigenvalue weighted by atomic mass is 10.1. The van der Waals surface area contributed by atoms with E-state index in [9.17, 15) is 33.9 Å². The third-order valence-corrected chi connectivity index (χ3v) is 9.26. The second-order valence-electron chi connectivity index (χ2n) is 10.1. The largest absolute Gasteiger partial charge is 0.756 e. The van der Waals surface area contributed by atoms with Gasteiger partial charge in [-0.2, -0.15) is 4.98 Å². The zero-order chi connectivity index (χ0) is 31.8. The lowest BCUT2D eigenvalue weighted by Crippen LogP contribution is -2.40. The van der Waals surface area contributed by atoms with Gasteiger partial charge in [-0.15, -0.1) is 0 Å². The molecule has 0 radical (unpaired) electrons. The topological polar surface area (TPSA) is 332 Å². The Morgan fingerprint density at radius 1 is 0.891 bits per heavy atom. The summed E-state index contributed by atoms with van der Waals surface area (Å²) in [7, 11) is -10.4. The molecule has 0 aromatic carbocycles. The van der Waals surface area contributed by atoms with E-state index in [2.05, 4.69) is 29.9 Å². The molecule has 8 N–H and O–H groups in total. The monoisotopic (exact) mass is 689 g/mol. The van der Waals surface area contributed by atoms with Crippen LogP contribution >= 0.6 is 15.6 Å². The van der Waals surface area contributed by atoms with Gasteiger partial charge >= 0.3 is 7.82 Å². The molecule has 3 aliphatic heterocycles. The number of aliphatic hydroxyl groups is 2. The fourth-order valence-corrected chi connectivity index (χ4v) is 7.22. The molecule has 0 saturated carbocycles. The van der Waals surface area contributed by atoms with E-state index in [1.807, 2.05) is 0 Å².